The monoisotopic (exact) mass is 193 g/mol. The average Bonchev–Trinajstić information content (AvgIpc) is 2.57. The van der Waals surface area contributed by atoms with Crippen LogP contribution in [0.5, 0.6) is 0 Å². The molecule has 1 aliphatic heterocycles. The molecule has 75 valence electrons. The Morgan fingerprint density at radius 1 is 1.71 bits per heavy atom. The molecule has 0 spiro atoms. The number of carbonyl (C=O) groups is 2. The minimum atomic E-state index is -0.352. The van der Waals surface area contributed by atoms with Crippen molar-refractivity contribution in [1.29, 1.82) is 0 Å². The zero-order valence-corrected chi connectivity index (χ0v) is 8.40. The van der Waals surface area contributed by atoms with Crippen LogP contribution in [0.25, 0.3) is 0 Å². The van der Waals surface area contributed by atoms with Crippen molar-refractivity contribution in [2.75, 3.05) is 20.1 Å². The van der Waals surface area contributed by atoms with Crippen LogP contribution in [0, 0.1) is 5.41 Å². The first-order valence-electron chi connectivity index (χ1n) is 4.70. The van der Waals surface area contributed by atoms with E-state index in [-0.39, 0.29) is 17.7 Å². The Labute approximate surface area is 84.8 Å². The van der Waals surface area contributed by atoms with Gasteiger partial charge in [-0.1, -0.05) is 0 Å². The molecule has 1 atom stereocenters. The van der Waals surface area contributed by atoms with Crippen LogP contribution in [0.1, 0.15) is 19.3 Å². The number of hydrogen-bond donors (Lipinski definition) is 0. The van der Waals surface area contributed by atoms with Crippen LogP contribution < -0.4 is 0 Å². The van der Waals surface area contributed by atoms with Gasteiger partial charge in [0, 0.05) is 0 Å². The fourth-order valence-electron chi connectivity index (χ4n) is 1.89. The van der Waals surface area contributed by atoms with Gasteiger partial charge in [0.05, 0.1) is 0 Å². The van der Waals surface area contributed by atoms with Crippen LogP contribution in [-0.4, -0.2) is 44.9 Å². The van der Waals surface area contributed by atoms with E-state index in [1.54, 1.807) is 0 Å². The molecule has 0 aromatic heterocycles. The molecule has 1 rings (SSSR count). The molecule has 1 heterocycles. The number of nitrogens with zero attached hydrogens (tertiary/aromatic N) is 2. The summed E-state index contributed by atoms with van der Waals surface area (Å²) in [4.78, 5) is 27.0. The van der Waals surface area contributed by atoms with Gasteiger partial charge < -0.3 is 0 Å². The normalized spacial score (nSPS) is 27.4. The summed E-state index contributed by atoms with van der Waals surface area (Å²) in [6, 6.07) is 0. The van der Waals surface area contributed by atoms with E-state index in [0.29, 0.717) is 6.42 Å². The predicted molar refractivity (Wildman–Crippen MR) is 53.0 cm³/mol. The quantitative estimate of drug-likeness (QED) is 0.472. The molecule has 5 heteroatoms. The molecule has 0 saturated carbocycles. The first-order chi connectivity index (χ1) is 6.62. The molecule has 1 unspecified atom stereocenters. The third kappa shape index (κ3) is 2.58. The second-order valence-electron chi connectivity index (χ2n) is 3.99. The van der Waals surface area contributed by atoms with Gasteiger partial charge in [-0.25, -0.2) is 0 Å². The third-order valence-electron chi connectivity index (χ3n) is 2.81. The van der Waals surface area contributed by atoms with E-state index in [1.807, 2.05) is 7.05 Å². The molecule has 0 aliphatic carbocycles. The van der Waals surface area contributed by atoms with E-state index in [4.69, 9.17) is 7.64 Å². The van der Waals surface area contributed by atoms with Crippen molar-refractivity contribution in [3.63, 3.8) is 0 Å². The van der Waals surface area contributed by atoms with Crippen LogP contribution in [0.2, 0.25) is 0 Å². The van der Waals surface area contributed by atoms with Gasteiger partial charge in [0.25, 0.3) is 0 Å². The zero-order valence-electron chi connectivity index (χ0n) is 8.40. The molecular weight excluding hydrogens is 179 g/mol. The Balaban J connectivity index is 2.50. The Morgan fingerprint density at radius 3 is 2.86 bits per heavy atom. The second kappa shape index (κ2) is 4.60. The van der Waals surface area contributed by atoms with Crippen molar-refractivity contribution in [2.24, 2.45) is 10.3 Å². The fraction of sp³-hybridized carbons (Fsp3) is 0.778. The maximum absolute atomic E-state index is 11.0. The summed E-state index contributed by atoms with van der Waals surface area (Å²) in [6.07, 6.45) is 2.62. The van der Waals surface area contributed by atoms with E-state index in [0.717, 1.165) is 25.8 Å². The Morgan fingerprint density at radius 2 is 2.43 bits per heavy atom. The minimum absolute atomic E-state index is 0.267. The molecule has 14 heavy (non-hydrogen) atoms. The van der Waals surface area contributed by atoms with Gasteiger partial charge >= 0.3 is 84.0 Å². The summed E-state index contributed by atoms with van der Waals surface area (Å²) in [7, 11) is 6.82. The molecule has 1 fully saturated rings. The number of aldehydes is 1. The molecular formula is C9H14BN2O2. The average molecular weight is 193 g/mol. The summed E-state index contributed by atoms with van der Waals surface area (Å²) < 4.78 is 0. The van der Waals surface area contributed by atoms with Crippen molar-refractivity contribution in [3.8, 4) is 0 Å². The molecule has 0 N–H and O–H groups in total. The van der Waals surface area contributed by atoms with Gasteiger partial charge in [0.15, 0.2) is 0 Å². The summed E-state index contributed by atoms with van der Waals surface area (Å²) >= 11 is 0. The zero-order chi connectivity index (χ0) is 10.6. The summed E-state index contributed by atoms with van der Waals surface area (Å²) in [5.74, 6) is -0.333. The van der Waals surface area contributed by atoms with Gasteiger partial charge in [-0.15, -0.1) is 0 Å². The van der Waals surface area contributed by atoms with Crippen LogP contribution in [-0.2, 0) is 9.59 Å². The van der Waals surface area contributed by atoms with Crippen molar-refractivity contribution in [3.05, 3.63) is 0 Å². The Bertz CT molecular complexity index is 257. The van der Waals surface area contributed by atoms with E-state index >= 15 is 0 Å². The van der Waals surface area contributed by atoms with E-state index in [2.05, 4.69) is 9.80 Å². The van der Waals surface area contributed by atoms with Crippen LogP contribution in [0.4, 0.5) is 0 Å². The summed E-state index contributed by atoms with van der Waals surface area (Å²) in [5.41, 5.74) is -0.352. The predicted octanol–water partition coefficient (Wildman–Crippen LogP) is 0.166. The first-order valence-corrected chi connectivity index (χ1v) is 4.70. The topological polar surface area (TPSA) is 49.7 Å². The van der Waals surface area contributed by atoms with Crippen LogP contribution >= 0.6 is 0 Å². The molecule has 1 saturated heterocycles. The number of likely N-dealkylation sites (tertiary alicyclic amines) is 1. The van der Waals surface area contributed by atoms with E-state index in [9.17, 15) is 9.59 Å². The van der Waals surface area contributed by atoms with Crippen molar-refractivity contribution in [1.82, 2.24) is 4.90 Å². The molecule has 0 aromatic carbocycles. The fourth-order valence-corrected chi connectivity index (χ4v) is 1.89. The van der Waals surface area contributed by atoms with Gasteiger partial charge in [0.1, 0.15) is 0 Å². The van der Waals surface area contributed by atoms with Crippen molar-refractivity contribution < 1.29 is 9.59 Å². The van der Waals surface area contributed by atoms with Gasteiger partial charge in [-0.2, -0.15) is 0 Å². The molecule has 0 bridgehead atoms. The molecule has 1 radical (unpaired) electrons. The third-order valence-corrected chi connectivity index (χ3v) is 2.81. The molecule has 1 aliphatic rings. The van der Waals surface area contributed by atoms with Gasteiger partial charge in [-0.05, 0) is 0 Å². The van der Waals surface area contributed by atoms with Crippen molar-refractivity contribution in [2.45, 2.75) is 19.3 Å². The Hall–Kier alpha value is -0.835. The molecule has 4 nitrogen and oxygen atoms in total. The van der Waals surface area contributed by atoms with Gasteiger partial charge in [0.2, 0.25) is 0 Å². The Kier molecular flexibility index (Phi) is 3.69. The van der Waals surface area contributed by atoms with Crippen LogP contribution in [0.15, 0.2) is 4.90 Å². The van der Waals surface area contributed by atoms with Crippen molar-refractivity contribution >= 4 is 19.8 Å². The molecule has 0 aromatic rings. The van der Waals surface area contributed by atoms with E-state index in [1.165, 1.54) is 0 Å². The maximum atomic E-state index is 11.0. The summed E-state index contributed by atoms with van der Waals surface area (Å²) in [5, 5.41) is 0. The SMILES string of the molecule is [B]=NC(=O)CCC1(C=O)CCN(C)C1. The number of hydrogen-bond acceptors (Lipinski definition) is 3. The second-order valence-corrected chi connectivity index (χ2v) is 3.99. The van der Waals surface area contributed by atoms with Crippen LogP contribution in [0.3, 0.4) is 0 Å². The number of rotatable bonds is 4. The first kappa shape index (κ1) is 11.2. The standard InChI is InChI=1S/C9H14BN2O2/c1-12-5-4-9(6-12,7-13)3-2-8(14)11-10/h7H,2-6H2,1H3. The summed E-state index contributed by atoms with van der Waals surface area (Å²) in [6.45, 7) is 1.64. The van der Waals surface area contributed by atoms with Gasteiger partial charge in [-0.3, -0.25) is 0 Å². The van der Waals surface area contributed by atoms with E-state index < -0.39 is 0 Å². The molecule has 1 amide bonds. The number of carbonyl (C=O) groups excluding carboxylic acids is 2. The number of amides is 1.